The van der Waals surface area contributed by atoms with Crippen LogP contribution in [0.25, 0.3) is 21.7 Å². The summed E-state index contributed by atoms with van der Waals surface area (Å²) in [5.74, 6) is 0.335. The van der Waals surface area contributed by atoms with Crippen LogP contribution in [0, 0.1) is 11.3 Å². The average molecular weight is 444 g/mol. The third-order valence-electron chi connectivity index (χ3n) is 4.59. The number of rotatable bonds is 8. The molecular weight excluding hydrogens is 422 g/mol. The number of fused-ring (bicyclic) bond motifs is 1. The number of phenolic OH excluding ortho intramolecular Hbond substituents is 1. The molecule has 0 aliphatic carbocycles. The normalized spacial score (nSPS) is 12.1. The Morgan fingerprint density at radius 3 is 2.59 bits per heavy atom. The van der Waals surface area contributed by atoms with E-state index in [4.69, 9.17) is 9.84 Å². The van der Waals surface area contributed by atoms with Crippen LogP contribution < -0.4 is 4.74 Å². The molecule has 1 heterocycles. The Labute approximate surface area is 190 Å². The summed E-state index contributed by atoms with van der Waals surface area (Å²) in [6.07, 6.45) is 8.27. The average Bonchev–Trinajstić information content (AvgIpc) is 3.12. The highest BCUT2D eigenvalue weighted by molar-refractivity contribution is 7.20. The van der Waals surface area contributed by atoms with Crippen LogP contribution in [0.4, 0.5) is 0 Å². The van der Waals surface area contributed by atoms with Crippen LogP contribution in [0.3, 0.4) is 0 Å². The van der Waals surface area contributed by atoms with Gasteiger partial charge in [0.15, 0.2) is 5.75 Å². The second kappa shape index (κ2) is 10.3. The smallest absolute Gasteiger partial charge is 0.328 e. The standard InChI is InChI=1S/C26H21NO4S/c1-3-5-21(18(4-2)14-15-27)26-25(22-12-9-19(28)16-23(22)32-26)31-20-10-6-17(7-11-20)8-13-24(29)30/h3-13,16,28H,2,14H2,1H3,(H,29,30). The zero-order chi connectivity index (χ0) is 23.1. The van der Waals surface area contributed by atoms with Gasteiger partial charge >= 0.3 is 5.97 Å². The van der Waals surface area contributed by atoms with E-state index in [1.165, 1.54) is 17.4 Å². The first kappa shape index (κ1) is 22.6. The number of allylic oxidation sites excluding steroid dienone is 5. The van der Waals surface area contributed by atoms with Crippen molar-refractivity contribution in [3.05, 3.63) is 89.4 Å². The fourth-order valence-corrected chi connectivity index (χ4v) is 4.35. The number of hydrogen-bond acceptors (Lipinski definition) is 5. The molecular formula is C26H21NO4S. The number of nitriles is 1. The summed E-state index contributed by atoms with van der Waals surface area (Å²) in [5, 5.41) is 28.8. The molecule has 5 nitrogen and oxygen atoms in total. The maximum Gasteiger partial charge on any atom is 0.328 e. The van der Waals surface area contributed by atoms with Gasteiger partial charge in [0, 0.05) is 16.2 Å². The number of carbonyl (C=O) groups is 1. The molecule has 0 amide bonds. The Kier molecular flexibility index (Phi) is 7.27. The Balaban J connectivity index is 2.14. The molecule has 0 aliphatic rings. The second-order valence-corrected chi connectivity index (χ2v) is 7.81. The number of aromatic hydroxyl groups is 1. The highest BCUT2D eigenvalue weighted by Gasteiger charge is 2.19. The van der Waals surface area contributed by atoms with Gasteiger partial charge in [-0.05, 0) is 60.0 Å². The van der Waals surface area contributed by atoms with Crippen molar-refractivity contribution in [2.45, 2.75) is 13.3 Å². The summed E-state index contributed by atoms with van der Waals surface area (Å²) in [6, 6.07) is 14.3. The largest absolute Gasteiger partial charge is 0.508 e. The van der Waals surface area contributed by atoms with Gasteiger partial charge in [0.1, 0.15) is 11.5 Å². The highest BCUT2D eigenvalue weighted by atomic mass is 32.1. The summed E-state index contributed by atoms with van der Waals surface area (Å²) >= 11 is 1.46. The SMILES string of the molecule is C=CC(CC#N)=C(C=CC)c1sc2cc(O)ccc2c1Oc1ccc(C=CC(=O)O)cc1. The molecule has 6 heteroatoms. The lowest BCUT2D eigenvalue weighted by Gasteiger charge is -2.11. The third kappa shape index (κ3) is 5.15. The Morgan fingerprint density at radius 2 is 1.97 bits per heavy atom. The lowest BCUT2D eigenvalue weighted by molar-refractivity contribution is -0.131. The van der Waals surface area contributed by atoms with Gasteiger partial charge in [-0.15, -0.1) is 11.3 Å². The number of carboxylic acid groups (broad SMARTS) is 1. The molecule has 2 aromatic carbocycles. The number of ether oxygens (including phenoxy) is 1. The van der Waals surface area contributed by atoms with Gasteiger partial charge in [-0.25, -0.2) is 4.79 Å². The van der Waals surface area contributed by atoms with Crippen molar-refractivity contribution in [1.29, 1.82) is 5.26 Å². The molecule has 2 N–H and O–H groups in total. The van der Waals surface area contributed by atoms with Crippen molar-refractivity contribution in [2.75, 3.05) is 0 Å². The number of phenols is 1. The van der Waals surface area contributed by atoms with E-state index in [0.29, 0.717) is 11.5 Å². The van der Waals surface area contributed by atoms with Crippen LogP contribution in [-0.4, -0.2) is 16.2 Å². The molecule has 0 unspecified atom stereocenters. The van der Waals surface area contributed by atoms with Gasteiger partial charge in [0.05, 0.1) is 17.4 Å². The third-order valence-corrected chi connectivity index (χ3v) is 5.75. The fraction of sp³-hybridized carbons (Fsp3) is 0.0769. The minimum atomic E-state index is -1.01. The second-order valence-electron chi connectivity index (χ2n) is 6.76. The van der Waals surface area contributed by atoms with Gasteiger partial charge in [0.25, 0.3) is 0 Å². The summed E-state index contributed by atoms with van der Waals surface area (Å²) in [5.41, 5.74) is 2.35. The van der Waals surface area contributed by atoms with Crippen molar-refractivity contribution < 1.29 is 19.7 Å². The lowest BCUT2D eigenvalue weighted by atomic mass is 10.0. The Morgan fingerprint density at radius 1 is 1.22 bits per heavy atom. The van der Waals surface area contributed by atoms with Crippen molar-refractivity contribution in [3.8, 4) is 23.3 Å². The van der Waals surface area contributed by atoms with Crippen molar-refractivity contribution in [1.82, 2.24) is 0 Å². The van der Waals surface area contributed by atoms with Crippen molar-refractivity contribution in [3.63, 3.8) is 0 Å². The predicted molar refractivity (Wildman–Crippen MR) is 129 cm³/mol. The summed E-state index contributed by atoms with van der Waals surface area (Å²) in [7, 11) is 0. The van der Waals surface area contributed by atoms with Gasteiger partial charge in [0.2, 0.25) is 0 Å². The van der Waals surface area contributed by atoms with Crippen LogP contribution >= 0.6 is 11.3 Å². The van der Waals surface area contributed by atoms with E-state index in [1.807, 2.05) is 19.1 Å². The first-order valence-corrected chi connectivity index (χ1v) is 10.6. The highest BCUT2D eigenvalue weighted by Crippen LogP contribution is 2.46. The first-order chi connectivity index (χ1) is 15.5. The summed E-state index contributed by atoms with van der Waals surface area (Å²) in [6.45, 7) is 5.76. The summed E-state index contributed by atoms with van der Waals surface area (Å²) < 4.78 is 7.13. The van der Waals surface area contributed by atoms with Crippen molar-refractivity contribution >= 4 is 39.0 Å². The molecule has 3 rings (SSSR count). The Hall–Kier alpha value is -4.08. The quantitative estimate of drug-likeness (QED) is 0.291. The van der Waals surface area contributed by atoms with E-state index in [9.17, 15) is 15.2 Å². The van der Waals surface area contributed by atoms with E-state index in [2.05, 4.69) is 12.6 Å². The van der Waals surface area contributed by atoms with Crippen LogP contribution in [0.1, 0.15) is 23.8 Å². The number of nitrogens with zero attached hydrogens (tertiary/aromatic N) is 1. The van der Waals surface area contributed by atoms with Crippen LogP contribution in [0.5, 0.6) is 17.2 Å². The minimum absolute atomic E-state index is 0.156. The minimum Gasteiger partial charge on any atom is -0.508 e. The number of carboxylic acids is 1. The van der Waals surface area contributed by atoms with Crippen molar-refractivity contribution in [2.24, 2.45) is 0 Å². The van der Waals surface area contributed by atoms with Gasteiger partial charge in [-0.3, -0.25) is 0 Å². The molecule has 0 aliphatic heterocycles. The topological polar surface area (TPSA) is 90.5 Å². The molecule has 160 valence electrons. The van der Waals surface area contributed by atoms with E-state index in [-0.39, 0.29) is 12.2 Å². The monoisotopic (exact) mass is 443 g/mol. The Bertz CT molecular complexity index is 1290. The van der Waals surface area contributed by atoms with Crippen LogP contribution in [0.2, 0.25) is 0 Å². The van der Waals surface area contributed by atoms with Gasteiger partial charge in [-0.2, -0.15) is 5.26 Å². The number of hydrogen-bond donors (Lipinski definition) is 2. The molecule has 32 heavy (non-hydrogen) atoms. The molecule has 0 atom stereocenters. The van der Waals surface area contributed by atoms with E-state index in [0.717, 1.165) is 37.7 Å². The maximum atomic E-state index is 10.7. The first-order valence-electron chi connectivity index (χ1n) is 9.76. The molecule has 0 spiro atoms. The molecule has 0 radical (unpaired) electrons. The zero-order valence-electron chi connectivity index (χ0n) is 17.4. The zero-order valence-corrected chi connectivity index (χ0v) is 18.2. The fourth-order valence-electron chi connectivity index (χ4n) is 3.13. The lowest BCUT2D eigenvalue weighted by Crippen LogP contribution is -1.90. The predicted octanol–water partition coefficient (Wildman–Crippen LogP) is 6.93. The number of aliphatic carboxylic acids is 1. The molecule has 0 bridgehead atoms. The van der Waals surface area contributed by atoms with E-state index >= 15 is 0 Å². The molecule has 1 aromatic heterocycles. The molecule has 3 aromatic rings. The molecule has 0 fully saturated rings. The number of benzene rings is 2. The van der Waals surface area contributed by atoms with Crippen LogP contribution in [0.15, 0.2) is 78.9 Å². The van der Waals surface area contributed by atoms with Gasteiger partial charge < -0.3 is 14.9 Å². The summed E-state index contributed by atoms with van der Waals surface area (Å²) in [4.78, 5) is 11.5. The van der Waals surface area contributed by atoms with Crippen LogP contribution in [-0.2, 0) is 4.79 Å². The molecule has 0 saturated carbocycles. The van der Waals surface area contributed by atoms with E-state index in [1.54, 1.807) is 48.5 Å². The molecule has 0 saturated heterocycles. The number of thiophene rings is 1. The van der Waals surface area contributed by atoms with Gasteiger partial charge in [-0.1, -0.05) is 36.9 Å². The maximum absolute atomic E-state index is 10.7. The van der Waals surface area contributed by atoms with E-state index < -0.39 is 5.97 Å².